The van der Waals surface area contributed by atoms with Crippen molar-refractivity contribution in [2.45, 2.75) is 77.6 Å². The minimum atomic E-state index is -4.60. The minimum absolute atomic E-state index is 0.0663. The summed E-state index contributed by atoms with van der Waals surface area (Å²) in [7, 11) is 0. The van der Waals surface area contributed by atoms with Crippen molar-refractivity contribution in [1.82, 2.24) is 4.90 Å². The van der Waals surface area contributed by atoms with E-state index in [0.29, 0.717) is 37.1 Å². The summed E-state index contributed by atoms with van der Waals surface area (Å²) in [6, 6.07) is 3.68. The molecule has 0 radical (unpaired) electrons. The third-order valence-corrected chi connectivity index (χ3v) is 5.72. The van der Waals surface area contributed by atoms with E-state index in [1.165, 1.54) is 13.0 Å². The van der Waals surface area contributed by atoms with Gasteiger partial charge in [-0.2, -0.15) is 13.2 Å². The Morgan fingerprint density at radius 1 is 1.14 bits per heavy atom. The molecule has 0 bridgehead atoms. The predicted octanol–water partition coefficient (Wildman–Crippen LogP) is 6.01. The summed E-state index contributed by atoms with van der Waals surface area (Å²) in [5.74, 6) is -0.656. The molecule has 10 heteroatoms. The monoisotopic (exact) mass is 510 g/mol. The van der Waals surface area contributed by atoms with Crippen molar-refractivity contribution in [2.24, 2.45) is 4.99 Å². The fourth-order valence-corrected chi connectivity index (χ4v) is 4.13. The number of benzene rings is 1. The van der Waals surface area contributed by atoms with Crippen LogP contribution in [0.2, 0.25) is 0 Å². The molecular formula is C26H33F3N2O5. The first-order valence-electron chi connectivity index (χ1n) is 12.1. The number of unbranched alkanes of at least 4 members (excludes halogenated alkanes) is 1. The maximum absolute atomic E-state index is 13.8. The van der Waals surface area contributed by atoms with Gasteiger partial charge in [0, 0.05) is 31.2 Å². The number of halogens is 3. The van der Waals surface area contributed by atoms with Gasteiger partial charge in [-0.15, -0.1) is 0 Å². The Kier molecular flexibility index (Phi) is 8.68. The Balaban J connectivity index is 1.70. The van der Waals surface area contributed by atoms with Crippen LogP contribution in [0, 0.1) is 0 Å². The molecule has 2 heterocycles. The molecule has 2 aliphatic heterocycles. The number of likely N-dealkylation sites (tertiary alicyclic amines) is 1. The second-order valence-corrected chi connectivity index (χ2v) is 9.83. The van der Waals surface area contributed by atoms with Gasteiger partial charge in [0.15, 0.2) is 0 Å². The van der Waals surface area contributed by atoms with Crippen molar-refractivity contribution in [1.29, 1.82) is 0 Å². The van der Waals surface area contributed by atoms with Gasteiger partial charge in [0.05, 0.1) is 30.5 Å². The summed E-state index contributed by atoms with van der Waals surface area (Å²) in [4.78, 5) is 29.7. The van der Waals surface area contributed by atoms with E-state index in [4.69, 9.17) is 14.2 Å². The van der Waals surface area contributed by atoms with Crippen LogP contribution in [0.1, 0.15) is 70.9 Å². The number of aliphatic imine (C=N–C) groups is 1. The fraction of sp³-hybridized carbons (Fsp3) is 0.577. The number of hydrogen-bond donors (Lipinski definition) is 0. The minimum Gasteiger partial charge on any atom is -0.493 e. The van der Waals surface area contributed by atoms with Crippen molar-refractivity contribution >= 4 is 23.5 Å². The molecule has 1 saturated heterocycles. The second kappa shape index (κ2) is 11.3. The van der Waals surface area contributed by atoms with Crippen LogP contribution in [0.3, 0.4) is 0 Å². The average molecular weight is 511 g/mol. The van der Waals surface area contributed by atoms with Crippen LogP contribution in [0.25, 0.3) is 5.70 Å². The molecule has 0 spiro atoms. The number of nitrogens with zero attached hydrogens (tertiary/aromatic N) is 2. The van der Waals surface area contributed by atoms with Gasteiger partial charge in [-0.05, 0) is 64.7 Å². The van der Waals surface area contributed by atoms with Gasteiger partial charge in [-0.25, -0.2) is 4.79 Å². The van der Waals surface area contributed by atoms with E-state index >= 15 is 0 Å². The molecule has 1 atom stereocenters. The summed E-state index contributed by atoms with van der Waals surface area (Å²) < 4.78 is 57.1. The van der Waals surface area contributed by atoms with Crippen molar-refractivity contribution in [3.8, 4) is 5.75 Å². The van der Waals surface area contributed by atoms with E-state index in [9.17, 15) is 22.8 Å². The van der Waals surface area contributed by atoms with Gasteiger partial charge in [0.1, 0.15) is 11.4 Å². The third-order valence-electron chi connectivity index (χ3n) is 5.72. The molecule has 0 unspecified atom stereocenters. The van der Waals surface area contributed by atoms with E-state index in [1.54, 1.807) is 37.8 Å². The summed E-state index contributed by atoms with van der Waals surface area (Å²) >= 11 is 0. The highest BCUT2D eigenvalue weighted by Crippen LogP contribution is 2.39. The van der Waals surface area contributed by atoms with Gasteiger partial charge in [-0.1, -0.05) is 6.08 Å². The predicted molar refractivity (Wildman–Crippen MR) is 129 cm³/mol. The van der Waals surface area contributed by atoms with Crippen LogP contribution in [0.15, 0.2) is 29.3 Å². The number of hydrogen-bond acceptors (Lipinski definition) is 6. The number of alkyl halides is 3. The topological polar surface area (TPSA) is 77.4 Å². The maximum atomic E-state index is 13.8. The highest BCUT2D eigenvalue weighted by atomic mass is 19.4. The van der Waals surface area contributed by atoms with Gasteiger partial charge >= 0.3 is 18.2 Å². The second-order valence-electron chi connectivity index (χ2n) is 9.83. The van der Waals surface area contributed by atoms with E-state index in [1.807, 2.05) is 0 Å². The molecule has 3 rings (SSSR count). The highest BCUT2D eigenvalue weighted by molar-refractivity contribution is 6.00. The Morgan fingerprint density at radius 2 is 1.86 bits per heavy atom. The Bertz CT molecular complexity index is 1030. The normalized spacial score (nSPS) is 18.1. The smallest absolute Gasteiger partial charge is 0.419 e. The number of amides is 1. The molecule has 1 aromatic carbocycles. The lowest BCUT2D eigenvalue weighted by atomic mass is 10.1. The van der Waals surface area contributed by atoms with Crippen molar-refractivity contribution in [2.75, 3.05) is 19.8 Å². The van der Waals surface area contributed by atoms with Gasteiger partial charge in [0.25, 0.3) is 0 Å². The summed E-state index contributed by atoms with van der Waals surface area (Å²) in [6.07, 6.45) is -0.289. The lowest BCUT2D eigenvalue weighted by Gasteiger charge is -2.28. The number of carbonyl (C=O) groups excluding carboxylic acids is 2. The molecule has 1 amide bonds. The first-order valence-corrected chi connectivity index (χ1v) is 12.1. The molecule has 0 N–H and O–H groups in total. The Hall–Kier alpha value is -3.04. The molecule has 36 heavy (non-hydrogen) atoms. The fourth-order valence-electron chi connectivity index (χ4n) is 4.13. The SMILES string of the molecule is CC(=O)OCCCCOc1ccc(C2=CCC([C@@H]3CCCN3C(=O)OC(C)(C)C)=N2)cc1C(F)(F)F. The number of ether oxygens (including phenoxy) is 3. The zero-order valence-corrected chi connectivity index (χ0v) is 21.1. The number of allylic oxidation sites excluding steroid dienone is 1. The van der Waals surface area contributed by atoms with Crippen LogP contribution in [-0.2, 0) is 20.4 Å². The summed E-state index contributed by atoms with van der Waals surface area (Å²) in [5.41, 5.74) is 0.0299. The standard InChI is InChI=1S/C26H33F3N2O5/c1-17(32)34-14-5-6-15-35-23-12-9-18(16-19(23)26(27,28)29)20-10-11-21(30-20)22-8-7-13-31(22)24(33)36-25(2,3)4/h9-10,12,16,22H,5-8,11,13-15H2,1-4H3/t22-/m0/s1. The molecule has 2 aliphatic rings. The van der Waals surface area contributed by atoms with Crippen molar-refractivity contribution in [3.05, 3.63) is 35.4 Å². The van der Waals surface area contributed by atoms with Crippen LogP contribution < -0.4 is 4.74 Å². The average Bonchev–Trinajstić information content (AvgIpc) is 3.43. The number of esters is 1. The first kappa shape index (κ1) is 27.5. The van der Waals surface area contributed by atoms with Crippen LogP contribution >= 0.6 is 0 Å². The van der Waals surface area contributed by atoms with E-state index in [0.717, 1.165) is 24.6 Å². The number of rotatable bonds is 8. The Labute approximate surface area is 209 Å². The number of carbonyl (C=O) groups is 2. The molecule has 1 aromatic rings. The first-order chi connectivity index (χ1) is 16.8. The molecule has 7 nitrogen and oxygen atoms in total. The van der Waals surface area contributed by atoms with Crippen LogP contribution in [-0.4, -0.2) is 54.1 Å². The summed E-state index contributed by atoms with van der Waals surface area (Å²) in [6.45, 7) is 7.53. The lowest BCUT2D eigenvalue weighted by Crippen LogP contribution is -2.43. The zero-order chi connectivity index (χ0) is 26.5. The molecule has 0 saturated carbocycles. The van der Waals surface area contributed by atoms with Crippen molar-refractivity contribution in [3.63, 3.8) is 0 Å². The highest BCUT2D eigenvalue weighted by Gasteiger charge is 2.37. The molecule has 1 fully saturated rings. The van der Waals surface area contributed by atoms with E-state index < -0.39 is 29.4 Å². The van der Waals surface area contributed by atoms with Crippen LogP contribution in [0.5, 0.6) is 5.75 Å². The van der Waals surface area contributed by atoms with E-state index in [-0.39, 0.29) is 25.0 Å². The lowest BCUT2D eigenvalue weighted by molar-refractivity contribution is -0.141. The molecule has 0 aliphatic carbocycles. The van der Waals surface area contributed by atoms with Crippen LogP contribution in [0.4, 0.5) is 18.0 Å². The third kappa shape index (κ3) is 7.48. The van der Waals surface area contributed by atoms with E-state index in [2.05, 4.69) is 4.99 Å². The molecule has 0 aromatic heterocycles. The van der Waals surface area contributed by atoms with Gasteiger partial charge < -0.3 is 14.2 Å². The summed E-state index contributed by atoms with van der Waals surface area (Å²) in [5, 5.41) is 0. The largest absolute Gasteiger partial charge is 0.493 e. The molecular weight excluding hydrogens is 477 g/mol. The maximum Gasteiger partial charge on any atom is 0.419 e. The Morgan fingerprint density at radius 3 is 2.53 bits per heavy atom. The molecule has 198 valence electrons. The van der Waals surface area contributed by atoms with Crippen molar-refractivity contribution < 1.29 is 37.0 Å². The van der Waals surface area contributed by atoms with Gasteiger partial charge in [-0.3, -0.25) is 14.7 Å². The van der Waals surface area contributed by atoms with Gasteiger partial charge in [0.2, 0.25) is 0 Å². The quantitative estimate of drug-likeness (QED) is 0.316. The zero-order valence-electron chi connectivity index (χ0n) is 21.1.